The van der Waals surface area contributed by atoms with Crippen molar-refractivity contribution in [3.05, 3.63) is 76.8 Å². The number of hydrogen-bond donors (Lipinski definition) is 0. The summed E-state index contributed by atoms with van der Waals surface area (Å²) < 4.78 is 2.01. The number of rotatable bonds is 5. The van der Waals surface area contributed by atoms with E-state index in [9.17, 15) is 14.9 Å². The lowest BCUT2D eigenvalue weighted by atomic mass is 9.86. The molecule has 1 aromatic heterocycles. The van der Waals surface area contributed by atoms with E-state index in [1.165, 1.54) is 0 Å². The molecule has 2 amide bonds. The zero-order valence-corrected chi connectivity index (χ0v) is 20.5. The van der Waals surface area contributed by atoms with Crippen molar-refractivity contribution >= 4 is 34.8 Å². The number of nitriles is 1. The summed E-state index contributed by atoms with van der Waals surface area (Å²) in [6.07, 6.45) is 6.38. The number of halogens is 1. The average Bonchev–Trinajstić information content (AvgIpc) is 3.56. The molecule has 3 heterocycles. The first-order chi connectivity index (χ1) is 16.8. The first-order valence-electron chi connectivity index (χ1n) is 11.7. The molecule has 7 nitrogen and oxygen atoms in total. The van der Waals surface area contributed by atoms with E-state index < -0.39 is 5.92 Å². The van der Waals surface area contributed by atoms with Gasteiger partial charge in [-0.1, -0.05) is 37.6 Å². The van der Waals surface area contributed by atoms with Gasteiger partial charge in [0.1, 0.15) is 0 Å². The summed E-state index contributed by atoms with van der Waals surface area (Å²) in [7, 11) is 0. The van der Waals surface area contributed by atoms with E-state index in [1.54, 1.807) is 46.6 Å². The molecule has 0 spiro atoms. The maximum Gasteiger partial charge on any atom is 0.232 e. The van der Waals surface area contributed by atoms with Gasteiger partial charge in [0.25, 0.3) is 0 Å². The molecule has 2 aliphatic rings. The lowest BCUT2D eigenvalue weighted by Gasteiger charge is -2.24. The number of fused-ring (bicyclic) bond motifs is 1. The minimum atomic E-state index is -0.449. The highest BCUT2D eigenvalue weighted by Crippen LogP contribution is 2.44. The minimum absolute atomic E-state index is 0.0636. The Morgan fingerprint density at radius 2 is 2.11 bits per heavy atom. The van der Waals surface area contributed by atoms with Crippen molar-refractivity contribution < 1.29 is 9.59 Å². The fourth-order valence-corrected chi connectivity index (χ4v) is 5.33. The Hall–Kier alpha value is -3.63. The van der Waals surface area contributed by atoms with E-state index in [0.717, 1.165) is 29.8 Å². The first-order valence-corrected chi connectivity index (χ1v) is 12.0. The van der Waals surface area contributed by atoms with Gasteiger partial charge >= 0.3 is 0 Å². The predicted octanol–water partition coefficient (Wildman–Crippen LogP) is 4.33. The Morgan fingerprint density at radius 3 is 2.86 bits per heavy atom. The summed E-state index contributed by atoms with van der Waals surface area (Å²) in [6, 6.07) is 13.1. The molecule has 0 aliphatic carbocycles. The molecule has 2 aliphatic heterocycles. The number of carbonyl (C=O) groups is 2. The van der Waals surface area contributed by atoms with Crippen LogP contribution in [-0.2, 0) is 28.0 Å². The van der Waals surface area contributed by atoms with Crippen LogP contribution in [0.4, 0.5) is 11.4 Å². The molecule has 0 saturated carbocycles. The van der Waals surface area contributed by atoms with Gasteiger partial charge in [-0.25, -0.2) is 4.98 Å². The smallest absolute Gasteiger partial charge is 0.232 e. The van der Waals surface area contributed by atoms with Gasteiger partial charge in [0.2, 0.25) is 11.8 Å². The third-order valence-corrected chi connectivity index (χ3v) is 7.32. The van der Waals surface area contributed by atoms with E-state index in [1.807, 2.05) is 16.8 Å². The molecular weight excluding hydrogens is 462 g/mol. The SMILES string of the molecule is CC1(C)CN(C(=O)[C@H]2CC(=O)N(c3cccc(C#N)c3)C2)c2cc(Cl)c(CCn3ccnc3)cc21. The van der Waals surface area contributed by atoms with Gasteiger partial charge in [-0.3, -0.25) is 9.59 Å². The molecule has 1 saturated heterocycles. The molecule has 2 aromatic carbocycles. The summed E-state index contributed by atoms with van der Waals surface area (Å²) in [5, 5.41) is 9.83. The molecular formula is C27H26ClN5O2. The zero-order chi connectivity index (χ0) is 24.7. The van der Waals surface area contributed by atoms with E-state index in [0.29, 0.717) is 29.4 Å². The van der Waals surface area contributed by atoms with Crippen LogP contribution in [0, 0.1) is 17.2 Å². The second kappa shape index (κ2) is 8.86. The molecule has 0 unspecified atom stereocenters. The molecule has 1 fully saturated rings. The van der Waals surface area contributed by atoms with Crippen molar-refractivity contribution in [2.24, 2.45) is 5.92 Å². The highest BCUT2D eigenvalue weighted by molar-refractivity contribution is 6.31. The molecule has 5 rings (SSSR count). The summed E-state index contributed by atoms with van der Waals surface area (Å²) in [5.41, 5.74) is 3.87. The number of anilines is 2. The number of amides is 2. The third-order valence-electron chi connectivity index (χ3n) is 6.96. The second-order valence-corrected chi connectivity index (χ2v) is 10.3. The van der Waals surface area contributed by atoms with Crippen LogP contribution < -0.4 is 9.80 Å². The summed E-state index contributed by atoms with van der Waals surface area (Å²) in [4.78, 5) is 33.9. The third kappa shape index (κ3) is 4.30. The lowest BCUT2D eigenvalue weighted by Crippen LogP contribution is -2.39. The van der Waals surface area contributed by atoms with Crippen LogP contribution in [-0.4, -0.2) is 34.5 Å². The van der Waals surface area contributed by atoms with Crippen LogP contribution in [0.3, 0.4) is 0 Å². The Balaban J connectivity index is 1.37. The van der Waals surface area contributed by atoms with Gasteiger partial charge in [-0.05, 0) is 41.8 Å². The van der Waals surface area contributed by atoms with E-state index >= 15 is 0 Å². The second-order valence-electron chi connectivity index (χ2n) is 9.89. The fraction of sp³-hybridized carbons (Fsp3) is 0.333. The minimum Gasteiger partial charge on any atom is -0.337 e. The van der Waals surface area contributed by atoms with Crippen molar-refractivity contribution in [2.45, 2.75) is 38.6 Å². The van der Waals surface area contributed by atoms with E-state index in [4.69, 9.17) is 11.6 Å². The Labute approximate surface area is 209 Å². The van der Waals surface area contributed by atoms with Crippen molar-refractivity contribution in [3.8, 4) is 6.07 Å². The van der Waals surface area contributed by atoms with Gasteiger partial charge in [-0.15, -0.1) is 0 Å². The molecule has 35 heavy (non-hydrogen) atoms. The van der Waals surface area contributed by atoms with Crippen molar-refractivity contribution in [1.82, 2.24) is 9.55 Å². The largest absolute Gasteiger partial charge is 0.337 e. The summed E-state index contributed by atoms with van der Waals surface area (Å²) in [6.45, 7) is 5.87. The van der Waals surface area contributed by atoms with Crippen LogP contribution in [0.1, 0.15) is 37.0 Å². The van der Waals surface area contributed by atoms with Gasteiger partial charge < -0.3 is 14.4 Å². The molecule has 3 aromatic rings. The molecule has 0 N–H and O–H groups in total. The number of carbonyl (C=O) groups excluding carboxylic acids is 2. The highest BCUT2D eigenvalue weighted by Gasteiger charge is 2.44. The first kappa shape index (κ1) is 23.1. The standard InChI is InChI=1S/C27H26ClN5O2/c1-27(2)16-33(24-13-23(28)19(11-22(24)27)6-8-31-9-7-30-17-31)26(35)20-12-25(34)32(15-20)21-5-3-4-18(10-21)14-29/h3-5,7,9-11,13,17,20H,6,8,12,15-16H2,1-2H3/t20-/m0/s1. The molecule has 0 bridgehead atoms. The van der Waals surface area contributed by atoms with Crippen LogP contribution in [0.2, 0.25) is 5.02 Å². The van der Waals surface area contributed by atoms with Crippen LogP contribution in [0.25, 0.3) is 0 Å². The topological polar surface area (TPSA) is 82.2 Å². The van der Waals surface area contributed by atoms with Crippen LogP contribution >= 0.6 is 11.6 Å². The van der Waals surface area contributed by atoms with Gasteiger partial charge in [0.15, 0.2) is 0 Å². The Bertz CT molecular complexity index is 1340. The maximum absolute atomic E-state index is 13.7. The predicted molar refractivity (Wildman–Crippen MR) is 134 cm³/mol. The molecule has 1 atom stereocenters. The van der Waals surface area contributed by atoms with E-state index in [-0.39, 0.29) is 23.7 Å². The number of benzene rings is 2. The normalized spacial score (nSPS) is 18.6. The monoisotopic (exact) mass is 487 g/mol. The van der Waals surface area contributed by atoms with Crippen LogP contribution in [0.5, 0.6) is 0 Å². The maximum atomic E-state index is 13.7. The molecule has 0 radical (unpaired) electrons. The van der Waals surface area contributed by atoms with Gasteiger partial charge in [0.05, 0.1) is 23.9 Å². The van der Waals surface area contributed by atoms with Crippen LogP contribution in [0.15, 0.2) is 55.1 Å². The average molecular weight is 488 g/mol. The Kier molecular flexibility index (Phi) is 5.86. The number of hydrogen-bond acceptors (Lipinski definition) is 4. The Morgan fingerprint density at radius 1 is 1.29 bits per heavy atom. The number of imidazole rings is 1. The quantitative estimate of drug-likeness (QED) is 0.536. The molecule has 8 heteroatoms. The zero-order valence-electron chi connectivity index (χ0n) is 19.7. The van der Waals surface area contributed by atoms with Gasteiger partial charge in [0, 0.05) is 60.3 Å². The number of aromatic nitrogens is 2. The van der Waals surface area contributed by atoms with Crippen molar-refractivity contribution in [3.63, 3.8) is 0 Å². The van der Waals surface area contributed by atoms with Crippen molar-refractivity contribution in [2.75, 3.05) is 22.9 Å². The molecule has 178 valence electrons. The summed E-state index contributed by atoms with van der Waals surface area (Å²) in [5.74, 6) is -0.619. The summed E-state index contributed by atoms with van der Waals surface area (Å²) >= 11 is 6.67. The lowest BCUT2D eigenvalue weighted by molar-refractivity contribution is -0.124. The number of aryl methyl sites for hydroxylation is 2. The number of nitrogens with zero attached hydrogens (tertiary/aromatic N) is 5. The van der Waals surface area contributed by atoms with Crippen molar-refractivity contribution in [1.29, 1.82) is 5.26 Å². The highest BCUT2D eigenvalue weighted by atomic mass is 35.5. The van der Waals surface area contributed by atoms with E-state index in [2.05, 4.69) is 31.0 Å². The fourth-order valence-electron chi connectivity index (χ4n) is 5.08. The van der Waals surface area contributed by atoms with Gasteiger partial charge in [-0.2, -0.15) is 5.26 Å².